The van der Waals surface area contributed by atoms with Crippen molar-refractivity contribution in [3.8, 4) is 23.3 Å². The van der Waals surface area contributed by atoms with E-state index in [0.717, 1.165) is 50.0 Å². The molecule has 178 valence electrons. The normalized spacial score (nSPS) is 17.2. The summed E-state index contributed by atoms with van der Waals surface area (Å²) < 4.78 is 16.5. The lowest BCUT2D eigenvalue weighted by Crippen LogP contribution is -2.38. The first-order chi connectivity index (χ1) is 15.9. The van der Waals surface area contributed by atoms with Gasteiger partial charge in [-0.25, -0.2) is 0 Å². The Labute approximate surface area is 199 Å². The molecule has 0 aliphatic heterocycles. The van der Waals surface area contributed by atoms with E-state index >= 15 is 0 Å². The summed E-state index contributed by atoms with van der Waals surface area (Å²) in [6.07, 6.45) is 4.99. The Bertz CT molecular complexity index is 982. The Kier molecular flexibility index (Phi) is 8.26. The molecule has 3 rings (SSSR count). The highest BCUT2D eigenvalue weighted by atomic mass is 16.5. The van der Waals surface area contributed by atoms with Gasteiger partial charge in [0.15, 0.2) is 11.5 Å². The molecule has 0 N–H and O–H groups in total. The number of fused-ring (bicyclic) bond motifs is 1. The van der Waals surface area contributed by atoms with Gasteiger partial charge in [-0.3, -0.25) is 0 Å². The molecule has 2 aromatic carbocycles. The second kappa shape index (κ2) is 10.9. The van der Waals surface area contributed by atoms with E-state index in [-0.39, 0.29) is 5.92 Å². The van der Waals surface area contributed by atoms with Crippen molar-refractivity contribution >= 4 is 0 Å². The second-order valence-electron chi connectivity index (χ2n) is 9.39. The number of nitriles is 1. The number of methoxy groups -OCH3 is 3. The average molecular weight is 451 g/mol. The Hall–Kier alpha value is -2.71. The van der Waals surface area contributed by atoms with Crippen LogP contribution in [0.1, 0.15) is 49.8 Å². The lowest BCUT2D eigenvalue weighted by Gasteiger charge is -2.35. The fraction of sp³-hybridized carbons (Fsp3) is 0.536. The van der Waals surface area contributed by atoms with Gasteiger partial charge in [0, 0.05) is 6.04 Å². The highest BCUT2D eigenvalue weighted by Gasteiger charge is 2.36. The first-order valence-electron chi connectivity index (χ1n) is 11.9. The van der Waals surface area contributed by atoms with Gasteiger partial charge in [0.05, 0.1) is 32.8 Å². The van der Waals surface area contributed by atoms with Crippen molar-refractivity contribution in [2.45, 2.75) is 57.4 Å². The van der Waals surface area contributed by atoms with Gasteiger partial charge in [-0.1, -0.05) is 32.0 Å². The van der Waals surface area contributed by atoms with Crippen LogP contribution >= 0.6 is 0 Å². The molecular weight excluding hydrogens is 412 g/mol. The van der Waals surface area contributed by atoms with Crippen LogP contribution in [0.2, 0.25) is 0 Å². The summed E-state index contributed by atoms with van der Waals surface area (Å²) in [6, 6.07) is 15.5. The van der Waals surface area contributed by atoms with Crippen LogP contribution in [0, 0.1) is 17.2 Å². The second-order valence-corrected chi connectivity index (χ2v) is 9.39. The summed E-state index contributed by atoms with van der Waals surface area (Å²) in [5, 5.41) is 10.3. The molecule has 1 aliphatic carbocycles. The molecule has 0 fully saturated rings. The predicted molar refractivity (Wildman–Crippen MR) is 132 cm³/mol. The van der Waals surface area contributed by atoms with Crippen molar-refractivity contribution in [1.82, 2.24) is 4.90 Å². The molecule has 0 heterocycles. The van der Waals surface area contributed by atoms with Gasteiger partial charge in [0.25, 0.3) is 0 Å². The minimum Gasteiger partial charge on any atom is -0.496 e. The van der Waals surface area contributed by atoms with Gasteiger partial charge in [-0.05, 0) is 86.5 Å². The van der Waals surface area contributed by atoms with Crippen LogP contribution in [0.15, 0.2) is 36.4 Å². The summed E-state index contributed by atoms with van der Waals surface area (Å²) in [4.78, 5) is 2.47. The van der Waals surface area contributed by atoms with Crippen LogP contribution in [0.25, 0.3) is 0 Å². The quantitative estimate of drug-likeness (QED) is 0.485. The summed E-state index contributed by atoms with van der Waals surface area (Å²) in [5.74, 6) is 2.55. The average Bonchev–Trinajstić information content (AvgIpc) is 2.85. The fourth-order valence-corrected chi connectivity index (χ4v) is 5.24. The molecule has 5 heteroatoms. The first-order valence-corrected chi connectivity index (χ1v) is 11.9. The Balaban J connectivity index is 1.69. The van der Waals surface area contributed by atoms with E-state index in [9.17, 15) is 5.26 Å². The van der Waals surface area contributed by atoms with Crippen molar-refractivity contribution in [2.75, 3.05) is 34.9 Å². The number of nitrogens with zero attached hydrogens (tertiary/aromatic N) is 2. The van der Waals surface area contributed by atoms with E-state index in [1.54, 1.807) is 21.3 Å². The van der Waals surface area contributed by atoms with E-state index in [1.807, 2.05) is 18.2 Å². The van der Waals surface area contributed by atoms with E-state index in [4.69, 9.17) is 14.2 Å². The smallest absolute Gasteiger partial charge is 0.161 e. The Morgan fingerprint density at radius 2 is 1.79 bits per heavy atom. The summed E-state index contributed by atoms with van der Waals surface area (Å²) in [5.41, 5.74) is 3.20. The van der Waals surface area contributed by atoms with Gasteiger partial charge >= 0.3 is 0 Å². The zero-order chi connectivity index (χ0) is 24.0. The van der Waals surface area contributed by atoms with Gasteiger partial charge in [0.2, 0.25) is 0 Å². The third kappa shape index (κ3) is 5.12. The molecule has 2 aromatic rings. The first kappa shape index (κ1) is 24.9. The zero-order valence-electron chi connectivity index (χ0n) is 21.0. The lowest BCUT2D eigenvalue weighted by molar-refractivity contribution is 0.208. The molecule has 0 saturated heterocycles. The van der Waals surface area contributed by atoms with Gasteiger partial charge in [-0.15, -0.1) is 0 Å². The number of ether oxygens (including phenoxy) is 3. The van der Waals surface area contributed by atoms with Crippen molar-refractivity contribution < 1.29 is 14.2 Å². The summed E-state index contributed by atoms with van der Waals surface area (Å²) >= 11 is 0. The standard InChI is InChI=1S/C28H38N2O3/c1-20(2)28(19-29,22-11-14-26(32-5)27(18-22)33-6)15-8-16-30(3)23-12-13-24-21(17-23)9-7-10-25(24)31-4/h7,9-11,14,18,20,23H,8,12-13,15-17H2,1-6H3. The maximum absolute atomic E-state index is 10.3. The van der Waals surface area contributed by atoms with Gasteiger partial charge in [-0.2, -0.15) is 5.26 Å². The van der Waals surface area contributed by atoms with Crippen LogP contribution in [0.5, 0.6) is 17.2 Å². The maximum Gasteiger partial charge on any atom is 0.161 e. The highest BCUT2D eigenvalue weighted by Crippen LogP contribution is 2.40. The summed E-state index contributed by atoms with van der Waals surface area (Å²) in [6.45, 7) is 5.23. The third-order valence-electron chi connectivity index (χ3n) is 7.42. The number of rotatable bonds is 10. The molecule has 0 radical (unpaired) electrons. The van der Waals surface area contributed by atoms with Crippen LogP contribution in [-0.2, 0) is 18.3 Å². The largest absolute Gasteiger partial charge is 0.496 e. The molecule has 0 saturated carbocycles. The van der Waals surface area contributed by atoms with Crippen LogP contribution in [0.3, 0.4) is 0 Å². The van der Waals surface area contributed by atoms with E-state index < -0.39 is 5.41 Å². The molecule has 0 spiro atoms. The van der Waals surface area contributed by atoms with E-state index in [0.29, 0.717) is 17.5 Å². The fourth-order valence-electron chi connectivity index (χ4n) is 5.24. The third-order valence-corrected chi connectivity index (χ3v) is 7.42. The number of benzene rings is 2. The predicted octanol–water partition coefficient (Wildman–Crippen LogP) is 5.40. The number of hydrogen-bond donors (Lipinski definition) is 0. The molecule has 2 unspecified atom stereocenters. The zero-order valence-corrected chi connectivity index (χ0v) is 21.0. The van der Waals surface area contributed by atoms with Crippen molar-refractivity contribution in [3.05, 3.63) is 53.1 Å². The molecular formula is C28H38N2O3. The van der Waals surface area contributed by atoms with Crippen LogP contribution in [-0.4, -0.2) is 45.9 Å². The monoisotopic (exact) mass is 450 g/mol. The Morgan fingerprint density at radius 3 is 2.42 bits per heavy atom. The Morgan fingerprint density at radius 1 is 1.06 bits per heavy atom. The molecule has 0 bridgehead atoms. The molecule has 2 atom stereocenters. The van der Waals surface area contributed by atoms with Gasteiger partial charge < -0.3 is 19.1 Å². The minimum absolute atomic E-state index is 0.180. The topological polar surface area (TPSA) is 54.7 Å². The summed E-state index contributed by atoms with van der Waals surface area (Å²) in [7, 11) is 7.24. The van der Waals surface area contributed by atoms with E-state index in [2.05, 4.69) is 50.1 Å². The molecule has 33 heavy (non-hydrogen) atoms. The number of hydrogen-bond acceptors (Lipinski definition) is 5. The molecule has 5 nitrogen and oxygen atoms in total. The molecule has 0 amide bonds. The van der Waals surface area contributed by atoms with Gasteiger partial charge in [0.1, 0.15) is 5.75 Å². The lowest BCUT2D eigenvalue weighted by atomic mass is 9.69. The van der Waals surface area contributed by atoms with Crippen LogP contribution in [0.4, 0.5) is 0 Å². The maximum atomic E-state index is 10.3. The molecule has 0 aromatic heterocycles. The van der Waals surface area contributed by atoms with E-state index in [1.165, 1.54) is 11.1 Å². The number of likely N-dealkylation sites (N-methyl/N-ethyl adjacent to an activating group) is 1. The minimum atomic E-state index is -0.563. The SMILES string of the molecule is COc1ccc(C(C#N)(CCCN(C)C2CCc3c(cccc3OC)C2)C(C)C)cc1OC. The van der Waals surface area contributed by atoms with Crippen molar-refractivity contribution in [2.24, 2.45) is 5.92 Å². The van der Waals surface area contributed by atoms with Crippen molar-refractivity contribution in [3.63, 3.8) is 0 Å². The van der Waals surface area contributed by atoms with Crippen molar-refractivity contribution in [1.29, 1.82) is 5.26 Å². The molecule has 1 aliphatic rings. The highest BCUT2D eigenvalue weighted by molar-refractivity contribution is 5.47. The van der Waals surface area contributed by atoms with Crippen LogP contribution < -0.4 is 14.2 Å².